The second kappa shape index (κ2) is 5.53. The quantitative estimate of drug-likeness (QED) is 0.863. The largest absolute Gasteiger partial charge is 0.391 e. The maximum atomic E-state index is 12.6. The van der Waals surface area contributed by atoms with Crippen molar-refractivity contribution < 1.29 is 21.6 Å². The molecule has 0 amide bonds. The first-order valence-electron chi connectivity index (χ1n) is 5.92. The van der Waals surface area contributed by atoms with E-state index < -0.39 is 22.1 Å². The molecule has 2 rings (SSSR count). The Morgan fingerprint density at radius 3 is 2.50 bits per heavy atom. The van der Waals surface area contributed by atoms with Crippen LogP contribution < -0.4 is 0 Å². The van der Waals surface area contributed by atoms with Crippen LogP contribution in [0.2, 0.25) is 0 Å². The van der Waals surface area contributed by atoms with Gasteiger partial charge in [0.1, 0.15) is 0 Å². The minimum Gasteiger partial charge on any atom is -0.266 e. The van der Waals surface area contributed by atoms with Gasteiger partial charge in [0.05, 0.1) is 18.0 Å². The van der Waals surface area contributed by atoms with Crippen LogP contribution >= 0.6 is 11.6 Å². The molecule has 0 unspecified atom stereocenters. The van der Waals surface area contributed by atoms with Gasteiger partial charge in [-0.25, -0.2) is 8.42 Å². The molecule has 1 aliphatic rings. The van der Waals surface area contributed by atoms with Crippen molar-refractivity contribution in [2.24, 2.45) is 5.92 Å². The van der Waals surface area contributed by atoms with Crippen LogP contribution in [0.15, 0.2) is 11.2 Å². The van der Waals surface area contributed by atoms with Crippen molar-refractivity contribution in [3.63, 3.8) is 0 Å². The Hall–Kier alpha value is -0.800. The van der Waals surface area contributed by atoms with E-state index in [4.69, 9.17) is 11.6 Å². The lowest BCUT2D eigenvalue weighted by Gasteiger charge is -2.31. The molecular formula is C10H13ClF3N3O2S. The number of piperidine rings is 1. The number of aromatic nitrogens is 2. The van der Waals surface area contributed by atoms with Crippen molar-refractivity contribution in [3.8, 4) is 0 Å². The van der Waals surface area contributed by atoms with Crippen LogP contribution in [0.3, 0.4) is 0 Å². The standard InChI is InChI=1S/C10H13ClF3N3O2S/c11-5-7-6-15-16-9(7)20(18,19)17-3-1-8(2-4-17)10(12,13)14/h6,8H,1-5H2,(H,15,16). The Kier molecular flexibility index (Phi) is 4.31. The molecule has 0 spiro atoms. The second-order valence-corrected chi connectivity index (χ2v) is 6.72. The highest BCUT2D eigenvalue weighted by Gasteiger charge is 2.43. The first-order valence-corrected chi connectivity index (χ1v) is 7.89. The Bertz CT molecular complexity index is 565. The van der Waals surface area contributed by atoms with Crippen molar-refractivity contribution in [2.45, 2.75) is 29.9 Å². The van der Waals surface area contributed by atoms with E-state index in [0.717, 1.165) is 4.31 Å². The van der Waals surface area contributed by atoms with Gasteiger partial charge in [0.2, 0.25) is 0 Å². The van der Waals surface area contributed by atoms with Gasteiger partial charge >= 0.3 is 6.18 Å². The van der Waals surface area contributed by atoms with Gasteiger partial charge in [-0.15, -0.1) is 11.6 Å². The van der Waals surface area contributed by atoms with E-state index in [1.807, 2.05) is 0 Å². The van der Waals surface area contributed by atoms with Gasteiger partial charge in [0, 0.05) is 18.7 Å². The summed E-state index contributed by atoms with van der Waals surface area (Å²) < 4.78 is 63.3. The van der Waals surface area contributed by atoms with Crippen molar-refractivity contribution in [1.29, 1.82) is 0 Å². The van der Waals surface area contributed by atoms with E-state index in [1.54, 1.807) is 0 Å². The van der Waals surface area contributed by atoms with Crippen molar-refractivity contribution in [3.05, 3.63) is 11.8 Å². The number of alkyl halides is 4. The van der Waals surface area contributed by atoms with E-state index in [-0.39, 0.29) is 36.8 Å². The third-order valence-electron chi connectivity index (χ3n) is 3.34. The number of nitrogens with zero attached hydrogens (tertiary/aromatic N) is 2. The highest BCUT2D eigenvalue weighted by atomic mass is 35.5. The van der Waals surface area contributed by atoms with Crippen LogP contribution in [-0.4, -0.2) is 42.2 Å². The maximum absolute atomic E-state index is 12.6. The van der Waals surface area contributed by atoms with E-state index in [2.05, 4.69) is 10.2 Å². The number of rotatable bonds is 3. The van der Waals surface area contributed by atoms with Gasteiger partial charge in [0.15, 0.2) is 5.03 Å². The molecule has 20 heavy (non-hydrogen) atoms. The summed E-state index contributed by atoms with van der Waals surface area (Å²) in [7, 11) is -3.87. The van der Waals surface area contributed by atoms with Crippen LogP contribution in [0.25, 0.3) is 0 Å². The number of H-pyrrole nitrogens is 1. The zero-order valence-electron chi connectivity index (χ0n) is 10.3. The summed E-state index contributed by atoms with van der Waals surface area (Å²) in [6.07, 6.45) is -3.44. The minimum atomic E-state index is -4.27. The molecule has 0 radical (unpaired) electrons. The number of aromatic amines is 1. The molecule has 0 aliphatic carbocycles. The summed E-state index contributed by atoms with van der Waals surface area (Å²) in [6.45, 7) is -0.319. The molecule has 1 saturated heterocycles. The number of nitrogens with one attached hydrogen (secondary N) is 1. The number of hydrogen-bond donors (Lipinski definition) is 1. The van der Waals surface area contributed by atoms with Gasteiger partial charge in [-0.2, -0.15) is 22.6 Å². The van der Waals surface area contributed by atoms with E-state index in [0.29, 0.717) is 5.56 Å². The lowest BCUT2D eigenvalue weighted by Crippen LogP contribution is -2.42. The Labute approximate surface area is 119 Å². The van der Waals surface area contributed by atoms with Gasteiger partial charge < -0.3 is 0 Å². The molecule has 2 heterocycles. The molecule has 0 aromatic carbocycles. The fourth-order valence-corrected chi connectivity index (χ4v) is 4.03. The molecule has 1 aromatic rings. The van der Waals surface area contributed by atoms with E-state index in [9.17, 15) is 21.6 Å². The zero-order chi connectivity index (χ0) is 15.0. The summed E-state index contributed by atoms with van der Waals surface area (Å²) in [4.78, 5) is 0. The summed E-state index contributed by atoms with van der Waals surface area (Å²) in [6, 6.07) is 0. The number of hydrogen-bond acceptors (Lipinski definition) is 3. The predicted octanol–water partition coefficient (Wildman–Crippen LogP) is 2.11. The Morgan fingerprint density at radius 1 is 1.40 bits per heavy atom. The molecule has 0 atom stereocenters. The third kappa shape index (κ3) is 2.94. The minimum absolute atomic E-state index is 0.0376. The molecule has 1 fully saturated rings. The van der Waals surface area contributed by atoms with Crippen LogP contribution in [0.5, 0.6) is 0 Å². The van der Waals surface area contributed by atoms with Gasteiger partial charge in [-0.3, -0.25) is 5.10 Å². The van der Waals surface area contributed by atoms with Crippen LogP contribution in [0, 0.1) is 5.92 Å². The van der Waals surface area contributed by atoms with E-state index in [1.165, 1.54) is 6.20 Å². The molecule has 114 valence electrons. The summed E-state index contributed by atoms with van der Waals surface area (Å²) >= 11 is 5.61. The average Bonchev–Trinajstić information content (AvgIpc) is 2.87. The molecule has 0 bridgehead atoms. The Morgan fingerprint density at radius 2 is 2.00 bits per heavy atom. The molecule has 1 N–H and O–H groups in total. The summed E-state index contributed by atoms with van der Waals surface area (Å²) in [5.74, 6) is -1.48. The molecule has 1 aromatic heterocycles. The van der Waals surface area contributed by atoms with Crippen molar-refractivity contribution in [2.75, 3.05) is 13.1 Å². The number of sulfonamides is 1. The SMILES string of the molecule is O=S(=O)(c1[nH]ncc1CCl)N1CCC(C(F)(F)F)CC1. The normalized spacial score (nSPS) is 19.4. The Balaban J connectivity index is 2.14. The fourth-order valence-electron chi connectivity index (χ4n) is 2.17. The number of halogens is 4. The second-order valence-electron chi connectivity index (χ2n) is 4.58. The van der Waals surface area contributed by atoms with Crippen molar-refractivity contribution in [1.82, 2.24) is 14.5 Å². The molecule has 10 heteroatoms. The molecule has 1 aliphatic heterocycles. The van der Waals surface area contributed by atoms with Crippen molar-refractivity contribution >= 4 is 21.6 Å². The molecular weight excluding hydrogens is 319 g/mol. The van der Waals surface area contributed by atoms with Gasteiger partial charge in [-0.05, 0) is 12.8 Å². The zero-order valence-corrected chi connectivity index (χ0v) is 11.9. The maximum Gasteiger partial charge on any atom is 0.391 e. The first kappa shape index (κ1) is 15.6. The molecule has 0 saturated carbocycles. The highest BCUT2D eigenvalue weighted by molar-refractivity contribution is 7.89. The lowest BCUT2D eigenvalue weighted by atomic mass is 9.98. The highest BCUT2D eigenvalue weighted by Crippen LogP contribution is 2.35. The summed E-state index contributed by atoms with van der Waals surface area (Å²) in [5.41, 5.74) is 0.310. The van der Waals surface area contributed by atoms with Gasteiger partial charge in [-0.1, -0.05) is 0 Å². The monoisotopic (exact) mass is 331 g/mol. The van der Waals surface area contributed by atoms with E-state index >= 15 is 0 Å². The topological polar surface area (TPSA) is 66.1 Å². The van der Waals surface area contributed by atoms with Crippen LogP contribution in [0.1, 0.15) is 18.4 Å². The summed E-state index contributed by atoms with van der Waals surface area (Å²) in [5, 5.41) is 5.82. The van der Waals surface area contributed by atoms with Crippen LogP contribution in [-0.2, 0) is 15.9 Å². The smallest absolute Gasteiger partial charge is 0.266 e. The van der Waals surface area contributed by atoms with Crippen LogP contribution in [0.4, 0.5) is 13.2 Å². The average molecular weight is 332 g/mol. The lowest BCUT2D eigenvalue weighted by molar-refractivity contribution is -0.182. The first-order chi connectivity index (χ1) is 9.26. The third-order valence-corrected chi connectivity index (χ3v) is 5.54. The van der Waals surface area contributed by atoms with Gasteiger partial charge in [0.25, 0.3) is 10.0 Å². The predicted molar refractivity (Wildman–Crippen MR) is 65.7 cm³/mol. The fraction of sp³-hybridized carbons (Fsp3) is 0.700. The molecule has 5 nitrogen and oxygen atoms in total.